The maximum absolute atomic E-state index is 6.05. The van der Waals surface area contributed by atoms with Crippen molar-refractivity contribution in [1.82, 2.24) is 0 Å². The van der Waals surface area contributed by atoms with E-state index in [1.807, 2.05) is 48.5 Å². The zero-order chi connectivity index (χ0) is 9.80. The first-order valence-electron chi connectivity index (χ1n) is 4.25. The highest BCUT2D eigenvalue weighted by molar-refractivity contribution is 7.99. The zero-order valence-corrected chi connectivity index (χ0v) is 8.98. The van der Waals surface area contributed by atoms with Gasteiger partial charge in [-0.25, -0.2) is 0 Å². The standard InChI is InChI=1S/C12H8ClS/c13-11-8-4-5-9-12(11)14-10-6-2-1-3-7-10/h2-9H. The van der Waals surface area contributed by atoms with Crippen LogP contribution in [-0.4, -0.2) is 0 Å². The summed E-state index contributed by atoms with van der Waals surface area (Å²) in [5, 5.41) is 0.797. The summed E-state index contributed by atoms with van der Waals surface area (Å²) in [6.07, 6.45) is 0. The van der Waals surface area contributed by atoms with E-state index in [1.54, 1.807) is 11.8 Å². The van der Waals surface area contributed by atoms with Gasteiger partial charge in [0.05, 0.1) is 5.02 Å². The summed E-state index contributed by atoms with van der Waals surface area (Å²) >= 11 is 7.71. The van der Waals surface area contributed by atoms with E-state index in [9.17, 15) is 0 Å². The Morgan fingerprint density at radius 2 is 1.71 bits per heavy atom. The average molecular weight is 220 g/mol. The fraction of sp³-hybridized carbons (Fsp3) is 0. The van der Waals surface area contributed by atoms with E-state index < -0.39 is 0 Å². The van der Waals surface area contributed by atoms with Crippen LogP contribution in [0.2, 0.25) is 5.02 Å². The van der Waals surface area contributed by atoms with Crippen molar-refractivity contribution in [2.45, 2.75) is 9.79 Å². The van der Waals surface area contributed by atoms with Crippen LogP contribution in [0, 0.1) is 6.07 Å². The van der Waals surface area contributed by atoms with Gasteiger partial charge in [0, 0.05) is 9.79 Å². The molecule has 2 aromatic rings. The van der Waals surface area contributed by atoms with Crippen LogP contribution in [0.15, 0.2) is 58.3 Å². The summed E-state index contributed by atoms with van der Waals surface area (Å²) in [4.78, 5) is 2.26. The van der Waals surface area contributed by atoms with Gasteiger partial charge in [0.25, 0.3) is 0 Å². The Balaban J connectivity index is 2.24. The smallest absolute Gasteiger partial charge is 0.0545 e. The second kappa shape index (κ2) is 4.54. The summed E-state index contributed by atoms with van der Waals surface area (Å²) < 4.78 is 0. The Morgan fingerprint density at radius 1 is 1.00 bits per heavy atom. The third-order valence-corrected chi connectivity index (χ3v) is 3.28. The summed E-state index contributed by atoms with van der Waals surface area (Å²) in [5.74, 6) is 0. The molecule has 0 aromatic heterocycles. The van der Waals surface area contributed by atoms with Crippen molar-refractivity contribution in [2.24, 2.45) is 0 Å². The van der Waals surface area contributed by atoms with Crippen LogP contribution in [0.4, 0.5) is 0 Å². The Morgan fingerprint density at radius 3 is 2.43 bits per heavy atom. The molecule has 2 heteroatoms. The molecule has 1 radical (unpaired) electrons. The van der Waals surface area contributed by atoms with Gasteiger partial charge >= 0.3 is 0 Å². The van der Waals surface area contributed by atoms with Crippen LogP contribution in [0.5, 0.6) is 0 Å². The van der Waals surface area contributed by atoms with Gasteiger partial charge in [-0.3, -0.25) is 0 Å². The zero-order valence-electron chi connectivity index (χ0n) is 7.41. The first-order valence-corrected chi connectivity index (χ1v) is 5.44. The monoisotopic (exact) mass is 219 g/mol. The number of hydrogen-bond donors (Lipinski definition) is 0. The molecule has 0 aliphatic heterocycles. The topological polar surface area (TPSA) is 0 Å². The van der Waals surface area contributed by atoms with Gasteiger partial charge in [-0.2, -0.15) is 0 Å². The van der Waals surface area contributed by atoms with Crippen LogP contribution in [0.25, 0.3) is 0 Å². The highest BCUT2D eigenvalue weighted by atomic mass is 35.5. The summed E-state index contributed by atoms with van der Waals surface area (Å²) in [6, 6.07) is 18.7. The van der Waals surface area contributed by atoms with Gasteiger partial charge in [-0.1, -0.05) is 47.6 Å². The van der Waals surface area contributed by atoms with E-state index in [0.29, 0.717) is 0 Å². The van der Waals surface area contributed by atoms with Gasteiger partial charge in [-0.05, 0) is 30.3 Å². The second-order valence-electron chi connectivity index (χ2n) is 2.77. The molecule has 0 unspecified atom stereocenters. The van der Waals surface area contributed by atoms with Crippen LogP contribution < -0.4 is 0 Å². The number of benzene rings is 2. The molecule has 69 valence electrons. The van der Waals surface area contributed by atoms with Gasteiger partial charge in [0.2, 0.25) is 0 Å². The first kappa shape index (κ1) is 9.63. The molecule has 14 heavy (non-hydrogen) atoms. The number of hydrogen-bond acceptors (Lipinski definition) is 1. The molecule has 0 N–H and O–H groups in total. The summed E-state index contributed by atoms with van der Waals surface area (Å²) in [6.45, 7) is 0. The molecule has 0 saturated heterocycles. The molecule has 0 bridgehead atoms. The molecule has 0 fully saturated rings. The number of halogens is 1. The maximum atomic E-state index is 6.05. The molecule has 2 rings (SSSR count). The van der Waals surface area contributed by atoms with Crippen LogP contribution in [-0.2, 0) is 0 Å². The van der Waals surface area contributed by atoms with E-state index in [-0.39, 0.29) is 0 Å². The van der Waals surface area contributed by atoms with Crippen LogP contribution >= 0.6 is 23.4 Å². The molecule has 0 atom stereocenters. The maximum Gasteiger partial charge on any atom is 0.0545 e. The molecule has 0 saturated carbocycles. The lowest BCUT2D eigenvalue weighted by atomic mass is 10.4. The normalized spacial score (nSPS) is 10.1. The third-order valence-electron chi connectivity index (χ3n) is 1.75. The molecule has 2 aromatic carbocycles. The number of rotatable bonds is 2. The molecule has 0 amide bonds. The third kappa shape index (κ3) is 2.31. The molecular weight excluding hydrogens is 212 g/mol. The van der Waals surface area contributed by atoms with Gasteiger partial charge < -0.3 is 0 Å². The highest BCUT2D eigenvalue weighted by Crippen LogP contribution is 2.32. The van der Waals surface area contributed by atoms with E-state index in [0.717, 1.165) is 9.92 Å². The molecule has 0 aliphatic carbocycles. The Bertz CT molecular complexity index is 412. The predicted octanol–water partition coefficient (Wildman–Crippen LogP) is 4.29. The van der Waals surface area contributed by atoms with Crippen molar-refractivity contribution >= 4 is 23.4 Å². The fourth-order valence-corrected chi connectivity index (χ4v) is 2.18. The Hall–Kier alpha value is -0.920. The van der Waals surface area contributed by atoms with Gasteiger partial charge in [-0.15, -0.1) is 0 Å². The fourth-order valence-electron chi connectivity index (χ4n) is 1.09. The Labute approximate surface area is 92.9 Å². The Kier molecular flexibility index (Phi) is 3.12. The lowest BCUT2D eigenvalue weighted by Crippen LogP contribution is -1.74. The average Bonchev–Trinajstić information content (AvgIpc) is 2.23. The van der Waals surface area contributed by atoms with Gasteiger partial charge in [0.1, 0.15) is 0 Å². The predicted molar refractivity (Wildman–Crippen MR) is 60.9 cm³/mol. The summed E-state index contributed by atoms with van der Waals surface area (Å²) in [7, 11) is 0. The lowest BCUT2D eigenvalue weighted by Gasteiger charge is -2.02. The van der Waals surface area contributed by atoms with Crippen molar-refractivity contribution in [1.29, 1.82) is 0 Å². The lowest BCUT2D eigenvalue weighted by molar-refractivity contribution is 1.40. The quantitative estimate of drug-likeness (QED) is 0.726. The molecule has 0 heterocycles. The molecular formula is C12H8ClS. The van der Waals surface area contributed by atoms with Crippen molar-refractivity contribution in [3.05, 3.63) is 59.6 Å². The van der Waals surface area contributed by atoms with E-state index in [2.05, 4.69) is 6.07 Å². The van der Waals surface area contributed by atoms with Crippen LogP contribution in [0.1, 0.15) is 0 Å². The van der Waals surface area contributed by atoms with Crippen LogP contribution in [0.3, 0.4) is 0 Å². The van der Waals surface area contributed by atoms with Crippen molar-refractivity contribution in [3.8, 4) is 0 Å². The largest absolute Gasteiger partial charge is 0.0885 e. The summed E-state index contributed by atoms with van der Waals surface area (Å²) in [5.41, 5.74) is 0. The van der Waals surface area contributed by atoms with E-state index in [4.69, 9.17) is 11.6 Å². The minimum atomic E-state index is 0.797. The van der Waals surface area contributed by atoms with Crippen molar-refractivity contribution in [2.75, 3.05) is 0 Å². The first-order chi connectivity index (χ1) is 6.86. The van der Waals surface area contributed by atoms with E-state index >= 15 is 0 Å². The van der Waals surface area contributed by atoms with Crippen molar-refractivity contribution < 1.29 is 0 Å². The highest BCUT2D eigenvalue weighted by Gasteiger charge is 2.00. The minimum absolute atomic E-state index is 0.797. The van der Waals surface area contributed by atoms with Crippen molar-refractivity contribution in [3.63, 3.8) is 0 Å². The minimum Gasteiger partial charge on any atom is -0.0885 e. The second-order valence-corrected chi connectivity index (χ2v) is 4.29. The molecule has 0 aliphatic rings. The van der Waals surface area contributed by atoms with E-state index in [1.165, 1.54) is 4.90 Å². The SMILES string of the molecule is Clc1ccccc1Sc1cc[c]cc1. The molecule has 0 spiro atoms. The molecule has 0 nitrogen and oxygen atoms in total. The van der Waals surface area contributed by atoms with Gasteiger partial charge in [0.15, 0.2) is 0 Å².